The Balaban J connectivity index is 1.82. The highest BCUT2D eigenvalue weighted by Crippen LogP contribution is 2.31. The van der Waals surface area contributed by atoms with Gasteiger partial charge in [0.15, 0.2) is 0 Å². The number of carbonyl (C=O) groups is 1. The van der Waals surface area contributed by atoms with Crippen molar-refractivity contribution in [2.75, 3.05) is 7.11 Å². The number of methoxy groups -OCH3 is 1. The first-order valence-corrected chi connectivity index (χ1v) is 8.90. The van der Waals surface area contributed by atoms with Crippen molar-refractivity contribution in [3.8, 4) is 17.1 Å². The minimum absolute atomic E-state index is 0.139. The number of aliphatic hydroxyl groups excluding tert-OH is 1. The lowest BCUT2D eigenvalue weighted by atomic mass is 10.1. The number of fused-ring (bicyclic) bond motifs is 1. The summed E-state index contributed by atoms with van der Waals surface area (Å²) >= 11 is 6.41. The van der Waals surface area contributed by atoms with E-state index < -0.39 is 12.0 Å². The number of benzene rings is 1. The van der Waals surface area contributed by atoms with Gasteiger partial charge in [0, 0.05) is 22.2 Å². The number of ether oxygens (including phenoxy) is 1. The maximum Gasteiger partial charge on any atom is 0.249 e. The number of nitrogens with zero attached hydrogens (tertiary/aromatic N) is 2. The van der Waals surface area contributed by atoms with Gasteiger partial charge in [-0.15, -0.1) is 0 Å². The summed E-state index contributed by atoms with van der Waals surface area (Å²) in [7, 11) is 1.53. The Morgan fingerprint density at radius 3 is 2.70 bits per heavy atom. The summed E-state index contributed by atoms with van der Waals surface area (Å²) in [6.45, 7) is 3.87. The van der Waals surface area contributed by atoms with E-state index in [2.05, 4.69) is 20.3 Å². The number of H-pyrrole nitrogens is 1. The van der Waals surface area contributed by atoms with Crippen LogP contribution in [0.5, 0.6) is 5.88 Å². The summed E-state index contributed by atoms with van der Waals surface area (Å²) in [5.74, 6) is -0.104. The number of hydrogen-bond acceptors (Lipinski definition) is 5. The van der Waals surface area contributed by atoms with E-state index in [1.54, 1.807) is 20.0 Å². The van der Waals surface area contributed by atoms with Gasteiger partial charge in [0.25, 0.3) is 0 Å². The largest absolute Gasteiger partial charge is 0.480 e. The first-order valence-electron chi connectivity index (χ1n) is 8.52. The van der Waals surface area contributed by atoms with Gasteiger partial charge in [-0.3, -0.25) is 4.79 Å². The number of carbonyl (C=O) groups excluding carboxylic acids is 1. The van der Waals surface area contributed by atoms with Crippen LogP contribution in [0, 0.1) is 5.92 Å². The van der Waals surface area contributed by atoms with E-state index in [4.69, 9.17) is 16.3 Å². The molecule has 3 aromatic rings. The molecule has 1 atom stereocenters. The van der Waals surface area contributed by atoms with Gasteiger partial charge in [-0.1, -0.05) is 25.4 Å². The van der Waals surface area contributed by atoms with Crippen molar-refractivity contribution in [2.24, 2.45) is 5.92 Å². The minimum Gasteiger partial charge on any atom is -0.480 e. The third-order valence-electron chi connectivity index (χ3n) is 4.23. The fraction of sp³-hybridized carbons (Fsp3) is 0.316. The molecule has 1 amide bonds. The van der Waals surface area contributed by atoms with Gasteiger partial charge >= 0.3 is 0 Å². The second-order valence-electron chi connectivity index (χ2n) is 6.56. The summed E-state index contributed by atoms with van der Waals surface area (Å²) in [6, 6.07) is 5.64. The summed E-state index contributed by atoms with van der Waals surface area (Å²) in [6.07, 6.45) is 2.11. The molecule has 0 bridgehead atoms. The second kappa shape index (κ2) is 7.94. The molecule has 0 spiro atoms. The van der Waals surface area contributed by atoms with E-state index in [9.17, 15) is 9.90 Å². The molecule has 27 heavy (non-hydrogen) atoms. The van der Waals surface area contributed by atoms with Crippen LogP contribution in [0.25, 0.3) is 22.2 Å². The number of halogens is 1. The van der Waals surface area contributed by atoms with Crippen LogP contribution >= 0.6 is 11.6 Å². The number of aliphatic hydroxyl groups is 1. The van der Waals surface area contributed by atoms with Gasteiger partial charge in [-0.25, -0.2) is 9.97 Å². The van der Waals surface area contributed by atoms with Crippen molar-refractivity contribution in [3.63, 3.8) is 0 Å². The first-order chi connectivity index (χ1) is 12.9. The molecule has 0 aliphatic rings. The normalized spacial score (nSPS) is 12.4. The van der Waals surface area contributed by atoms with E-state index in [1.165, 1.54) is 13.3 Å². The number of amides is 1. The molecule has 3 N–H and O–H groups in total. The molecule has 0 aliphatic carbocycles. The molecule has 1 aromatic carbocycles. The molecular weight excluding hydrogens is 368 g/mol. The van der Waals surface area contributed by atoms with Gasteiger partial charge in [-0.05, 0) is 24.1 Å². The Morgan fingerprint density at radius 1 is 1.30 bits per heavy atom. The lowest BCUT2D eigenvalue weighted by Crippen LogP contribution is -2.37. The van der Waals surface area contributed by atoms with Crippen molar-refractivity contribution in [1.82, 2.24) is 20.3 Å². The molecule has 0 aliphatic heterocycles. The molecule has 142 valence electrons. The third-order valence-corrected chi connectivity index (χ3v) is 4.54. The van der Waals surface area contributed by atoms with Gasteiger partial charge in [0.05, 0.1) is 36.8 Å². The van der Waals surface area contributed by atoms with Crippen LogP contribution in [0.3, 0.4) is 0 Å². The zero-order valence-corrected chi connectivity index (χ0v) is 16.0. The number of aromatic amines is 1. The average molecular weight is 389 g/mol. The number of aromatic nitrogens is 3. The second-order valence-corrected chi connectivity index (χ2v) is 6.97. The van der Waals surface area contributed by atoms with Crippen molar-refractivity contribution in [2.45, 2.75) is 26.5 Å². The Kier molecular flexibility index (Phi) is 5.62. The molecule has 8 heteroatoms. The molecule has 3 rings (SSSR count). The van der Waals surface area contributed by atoms with E-state index in [-0.39, 0.29) is 12.5 Å². The Labute approximate surface area is 161 Å². The maximum absolute atomic E-state index is 11.9. The predicted octanol–water partition coefficient (Wildman–Crippen LogP) is 2.92. The summed E-state index contributed by atoms with van der Waals surface area (Å²) in [5, 5.41) is 14.0. The standard InChI is InChI=1S/C19H21ClN4O3/c1-10(2)18(25)19(26)23-7-12-4-11-5-14(20)13(6-15(11)24-12)16-8-22-17(27-3)9-21-16/h4-6,8-10,18,24-25H,7H2,1-3H3,(H,23,26). The van der Waals surface area contributed by atoms with Crippen LogP contribution in [0.15, 0.2) is 30.6 Å². The minimum atomic E-state index is -1.02. The van der Waals surface area contributed by atoms with Crippen LogP contribution in [0.1, 0.15) is 19.5 Å². The van der Waals surface area contributed by atoms with Crippen molar-refractivity contribution in [3.05, 3.63) is 41.3 Å². The molecule has 0 fully saturated rings. The maximum atomic E-state index is 11.9. The fourth-order valence-corrected chi connectivity index (χ4v) is 2.92. The molecule has 0 saturated heterocycles. The van der Waals surface area contributed by atoms with Gasteiger partial charge in [0.1, 0.15) is 6.10 Å². The summed E-state index contributed by atoms with van der Waals surface area (Å²) < 4.78 is 5.02. The lowest BCUT2D eigenvalue weighted by Gasteiger charge is -2.13. The number of nitrogens with one attached hydrogen (secondary N) is 2. The van der Waals surface area contributed by atoms with Gasteiger partial charge in [0.2, 0.25) is 11.8 Å². The lowest BCUT2D eigenvalue weighted by molar-refractivity contribution is -0.131. The molecule has 7 nitrogen and oxygen atoms in total. The smallest absolute Gasteiger partial charge is 0.249 e. The van der Waals surface area contributed by atoms with Gasteiger partial charge in [-0.2, -0.15) is 0 Å². The molecule has 2 aromatic heterocycles. The van der Waals surface area contributed by atoms with E-state index in [1.807, 2.05) is 18.2 Å². The third kappa shape index (κ3) is 4.20. The van der Waals surface area contributed by atoms with Crippen molar-refractivity contribution < 1.29 is 14.6 Å². The van der Waals surface area contributed by atoms with Crippen LogP contribution in [0.4, 0.5) is 0 Å². The van der Waals surface area contributed by atoms with Crippen LogP contribution < -0.4 is 10.1 Å². The number of hydrogen-bond donors (Lipinski definition) is 3. The highest BCUT2D eigenvalue weighted by molar-refractivity contribution is 6.34. The summed E-state index contributed by atoms with van der Waals surface area (Å²) in [5.41, 5.74) is 3.04. The van der Waals surface area contributed by atoms with E-state index >= 15 is 0 Å². The summed E-state index contributed by atoms with van der Waals surface area (Å²) in [4.78, 5) is 23.6. The number of rotatable bonds is 6. The van der Waals surface area contributed by atoms with Crippen LogP contribution in [-0.2, 0) is 11.3 Å². The molecule has 1 unspecified atom stereocenters. The quantitative estimate of drug-likeness (QED) is 0.602. The average Bonchev–Trinajstić information content (AvgIpc) is 3.06. The SMILES string of the molecule is COc1cnc(-c2cc3[nH]c(CNC(=O)C(O)C(C)C)cc3cc2Cl)cn1. The van der Waals surface area contributed by atoms with Crippen molar-refractivity contribution >= 4 is 28.4 Å². The fourth-order valence-electron chi connectivity index (χ4n) is 2.65. The highest BCUT2D eigenvalue weighted by Gasteiger charge is 2.18. The predicted molar refractivity (Wildman–Crippen MR) is 104 cm³/mol. The monoisotopic (exact) mass is 388 g/mol. The van der Waals surface area contributed by atoms with Crippen LogP contribution in [-0.4, -0.2) is 39.2 Å². The first kappa shape index (κ1) is 19.1. The van der Waals surface area contributed by atoms with Crippen molar-refractivity contribution in [1.29, 1.82) is 0 Å². The zero-order valence-electron chi connectivity index (χ0n) is 15.3. The molecule has 0 radical (unpaired) electrons. The Morgan fingerprint density at radius 2 is 2.07 bits per heavy atom. The zero-order chi connectivity index (χ0) is 19.6. The van der Waals surface area contributed by atoms with E-state index in [0.717, 1.165) is 22.2 Å². The van der Waals surface area contributed by atoms with E-state index in [0.29, 0.717) is 16.6 Å². The molecule has 0 saturated carbocycles. The highest BCUT2D eigenvalue weighted by atomic mass is 35.5. The Bertz CT molecular complexity index is 953. The topological polar surface area (TPSA) is 100 Å². The van der Waals surface area contributed by atoms with Gasteiger partial charge < -0.3 is 20.1 Å². The Hall–Kier alpha value is -2.64. The molecular formula is C19H21ClN4O3. The molecule has 2 heterocycles. The van der Waals surface area contributed by atoms with Crippen LogP contribution in [0.2, 0.25) is 5.02 Å².